The van der Waals surface area contributed by atoms with Crippen LogP contribution in [0, 0.1) is 6.92 Å². The largest absolute Gasteiger partial charge is 0.363 e. The maximum atomic E-state index is 11.7. The van der Waals surface area contributed by atoms with Crippen molar-refractivity contribution in [1.82, 2.24) is 15.5 Å². The number of hydrogen-bond donors (Lipinski definition) is 1. The van der Waals surface area contributed by atoms with Crippen molar-refractivity contribution in [3.05, 3.63) is 17.8 Å². The summed E-state index contributed by atoms with van der Waals surface area (Å²) in [4.78, 5) is 13.9. The number of carbonyl (C=O) groups excluding carboxylic acids is 1. The van der Waals surface area contributed by atoms with Gasteiger partial charge in [0.2, 0.25) is 5.91 Å². The van der Waals surface area contributed by atoms with Crippen LogP contribution >= 0.6 is 0 Å². The first-order chi connectivity index (χ1) is 9.69. The standard InChI is InChI=1S/C14H20N4O2/c1-9-3-6-13(17-16-9)18-8-7-11-10(18)4-5-12(20-11)14(19)15-2/h3,6,10-12H,4-5,7-8H2,1-2H3,(H,15,19)/t10-,11-,12+/m1/s1. The van der Waals surface area contributed by atoms with Crippen LogP contribution in [0.3, 0.4) is 0 Å². The molecule has 1 aromatic heterocycles. The lowest BCUT2D eigenvalue weighted by atomic mass is 9.98. The molecule has 3 atom stereocenters. The molecule has 1 aromatic rings. The maximum Gasteiger partial charge on any atom is 0.248 e. The highest BCUT2D eigenvalue weighted by Crippen LogP contribution is 2.33. The quantitative estimate of drug-likeness (QED) is 0.859. The number of hydrogen-bond acceptors (Lipinski definition) is 5. The van der Waals surface area contributed by atoms with Gasteiger partial charge in [0.05, 0.1) is 17.8 Å². The predicted molar refractivity (Wildman–Crippen MR) is 74.5 cm³/mol. The Hall–Kier alpha value is -1.69. The van der Waals surface area contributed by atoms with E-state index in [2.05, 4.69) is 20.4 Å². The topological polar surface area (TPSA) is 67.4 Å². The molecule has 3 rings (SSSR count). The molecule has 0 radical (unpaired) electrons. The van der Waals surface area contributed by atoms with Crippen LogP contribution in [0.15, 0.2) is 12.1 Å². The Kier molecular flexibility index (Phi) is 3.56. The summed E-state index contributed by atoms with van der Waals surface area (Å²) in [5.41, 5.74) is 0.920. The number of carbonyl (C=O) groups is 1. The van der Waals surface area contributed by atoms with Crippen molar-refractivity contribution in [2.24, 2.45) is 0 Å². The van der Waals surface area contributed by atoms with E-state index >= 15 is 0 Å². The minimum atomic E-state index is -0.301. The van der Waals surface area contributed by atoms with Gasteiger partial charge in [-0.3, -0.25) is 4.79 Å². The van der Waals surface area contributed by atoms with Crippen LogP contribution in [0.5, 0.6) is 0 Å². The average molecular weight is 276 g/mol. The van der Waals surface area contributed by atoms with E-state index in [1.165, 1.54) is 0 Å². The summed E-state index contributed by atoms with van der Waals surface area (Å²) in [6, 6.07) is 4.30. The van der Waals surface area contributed by atoms with Gasteiger partial charge in [-0.2, -0.15) is 5.10 Å². The number of ether oxygens (including phenoxy) is 1. The van der Waals surface area contributed by atoms with Gasteiger partial charge in [0.25, 0.3) is 0 Å². The van der Waals surface area contributed by atoms with Gasteiger partial charge in [-0.1, -0.05) is 0 Å². The first kappa shape index (κ1) is 13.3. The van der Waals surface area contributed by atoms with Crippen molar-refractivity contribution < 1.29 is 9.53 Å². The average Bonchev–Trinajstić information content (AvgIpc) is 2.90. The molecule has 0 bridgehead atoms. The normalized spacial score (nSPS) is 29.1. The second kappa shape index (κ2) is 5.36. The number of fused-ring (bicyclic) bond motifs is 1. The van der Waals surface area contributed by atoms with Crippen LogP contribution in [-0.2, 0) is 9.53 Å². The van der Waals surface area contributed by atoms with Crippen LogP contribution < -0.4 is 10.2 Å². The molecule has 0 saturated carbocycles. The highest BCUT2D eigenvalue weighted by molar-refractivity contribution is 5.80. The summed E-state index contributed by atoms with van der Waals surface area (Å²) in [7, 11) is 1.65. The van der Waals surface area contributed by atoms with Gasteiger partial charge in [0, 0.05) is 13.6 Å². The molecule has 6 heteroatoms. The lowest BCUT2D eigenvalue weighted by Crippen LogP contribution is -2.47. The van der Waals surface area contributed by atoms with Gasteiger partial charge in [-0.25, -0.2) is 0 Å². The van der Waals surface area contributed by atoms with Crippen LogP contribution in [0.4, 0.5) is 5.82 Å². The van der Waals surface area contributed by atoms with Gasteiger partial charge in [0.1, 0.15) is 6.10 Å². The van der Waals surface area contributed by atoms with E-state index in [1.54, 1.807) is 7.05 Å². The molecule has 20 heavy (non-hydrogen) atoms. The predicted octanol–water partition coefficient (Wildman–Crippen LogP) is 0.657. The number of nitrogens with zero attached hydrogens (tertiary/aromatic N) is 3. The van der Waals surface area contributed by atoms with E-state index in [9.17, 15) is 4.79 Å². The Balaban J connectivity index is 1.71. The molecular formula is C14H20N4O2. The lowest BCUT2D eigenvalue weighted by Gasteiger charge is -2.35. The first-order valence-electron chi connectivity index (χ1n) is 7.13. The summed E-state index contributed by atoms with van der Waals surface area (Å²) in [5.74, 6) is 0.891. The van der Waals surface area contributed by atoms with Crippen LogP contribution in [0.25, 0.3) is 0 Å². The number of aryl methyl sites for hydroxylation is 1. The van der Waals surface area contributed by atoms with E-state index in [0.29, 0.717) is 6.04 Å². The monoisotopic (exact) mass is 276 g/mol. The van der Waals surface area contributed by atoms with Crippen molar-refractivity contribution in [2.75, 3.05) is 18.5 Å². The molecule has 2 aliphatic heterocycles. The van der Waals surface area contributed by atoms with E-state index < -0.39 is 0 Å². The Bertz CT molecular complexity index is 490. The molecule has 2 fully saturated rings. The second-order valence-electron chi connectivity index (χ2n) is 5.44. The molecular weight excluding hydrogens is 256 g/mol. The summed E-state index contributed by atoms with van der Waals surface area (Å²) < 4.78 is 5.94. The fourth-order valence-electron chi connectivity index (χ4n) is 3.11. The zero-order chi connectivity index (χ0) is 14.1. The molecule has 2 aliphatic rings. The molecule has 0 aliphatic carbocycles. The highest BCUT2D eigenvalue weighted by atomic mass is 16.5. The Morgan fingerprint density at radius 3 is 2.90 bits per heavy atom. The summed E-state index contributed by atoms with van der Waals surface area (Å²) in [6.45, 7) is 2.84. The number of anilines is 1. The molecule has 0 unspecified atom stereocenters. The van der Waals surface area contributed by atoms with Gasteiger partial charge in [0.15, 0.2) is 5.82 Å². The zero-order valence-electron chi connectivity index (χ0n) is 11.9. The van der Waals surface area contributed by atoms with Gasteiger partial charge in [-0.05, 0) is 38.3 Å². The van der Waals surface area contributed by atoms with Gasteiger partial charge >= 0.3 is 0 Å². The van der Waals surface area contributed by atoms with Crippen molar-refractivity contribution in [1.29, 1.82) is 0 Å². The molecule has 3 heterocycles. The number of aromatic nitrogens is 2. The molecule has 2 saturated heterocycles. The molecule has 0 aromatic carbocycles. The third kappa shape index (κ3) is 2.35. The van der Waals surface area contributed by atoms with Crippen molar-refractivity contribution in [3.8, 4) is 0 Å². The Morgan fingerprint density at radius 2 is 2.20 bits per heavy atom. The number of nitrogens with one attached hydrogen (secondary N) is 1. The van der Waals surface area contributed by atoms with Crippen LogP contribution in [0.1, 0.15) is 25.0 Å². The fourth-order valence-corrected chi connectivity index (χ4v) is 3.11. The van der Waals surface area contributed by atoms with E-state index in [0.717, 1.165) is 37.3 Å². The molecule has 0 spiro atoms. The summed E-state index contributed by atoms with van der Waals surface area (Å²) in [6.07, 6.45) is 2.47. The second-order valence-corrected chi connectivity index (χ2v) is 5.44. The van der Waals surface area contributed by atoms with E-state index in [4.69, 9.17) is 4.74 Å². The van der Waals surface area contributed by atoms with Gasteiger partial charge in [-0.15, -0.1) is 5.10 Å². The zero-order valence-corrected chi connectivity index (χ0v) is 11.9. The van der Waals surface area contributed by atoms with Crippen LogP contribution in [-0.4, -0.2) is 47.9 Å². The molecule has 6 nitrogen and oxygen atoms in total. The smallest absolute Gasteiger partial charge is 0.248 e. The van der Waals surface area contributed by atoms with Crippen molar-refractivity contribution >= 4 is 11.7 Å². The SMILES string of the molecule is CNC(=O)[C@@H]1CC[C@@H]2[C@@H](CCN2c2ccc(C)nn2)O1. The highest BCUT2D eigenvalue weighted by Gasteiger charge is 2.42. The Morgan fingerprint density at radius 1 is 1.35 bits per heavy atom. The van der Waals surface area contributed by atoms with E-state index in [1.807, 2.05) is 19.1 Å². The number of rotatable bonds is 2. The molecule has 1 N–H and O–H groups in total. The number of likely N-dealkylation sites (N-methyl/N-ethyl adjacent to an activating group) is 1. The Labute approximate surface area is 118 Å². The van der Waals surface area contributed by atoms with E-state index in [-0.39, 0.29) is 18.1 Å². The third-order valence-electron chi connectivity index (χ3n) is 4.16. The lowest BCUT2D eigenvalue weighted by molar-refractivity contribution is -0.141. The van der Waals surface area contributed by atoms with Crippen molar-refractivity contribution in [2.45, 2.75) is 44.4 Å². The minimum absolute atomic E-state index is 0.0166. The molecule has 1 amide bonds. The summed E-state index contributed by atoms with van der Waals surface area (Å²) in [5, 5.41) is 11.0. The maximum absolute atomic E-state index is 11.7. The fraction of sp³-hybridized carbons (Fsp3) is 0.643. The first-order valence-corrected chi connectivity index (χ1v) is 7.13. The third-order valence-corrected chi connectivity index (χ3v) is 4.16. The summed E-state index contributed by atoms with van der Waals surface area (Å²) >= 11 is 0. The number of amides is 1. The minimum Gasteiger partial charge on any atom is -0.363 e. The molecule has 108 valence electrons. The van der Waals surface area contributed by atoms with Crippen LogP contribution in [0.2, 0.25) is 0 Å². The van der Waals surface area contributed by atoms with Gasteiger partial charge < -0.3 is 15.0 Å². The van der Waals surface area contributed by atoms with Crippen molar-refractivity contribution in [3.63, 3.8) is 0 Å².